The molecule has 1 saturated heterocycles. The summed E-state index contributed by atoms with van der Waals surface area (Å²) in [6.45, 7) is 4.13. The lowest BCUT2D eigenvalue weighted by atomic mass is 9.95. The van der Waals surface area contributed by atoms with Gasteiger partial charge >= 0.3 is 0 Å². The third-order valence-electron chi connectivity index (χ3n) is 4.28. The minimum Gasteiger partial charge on any atom is -0.491 e. The molecule has 2 rings (SSSR count). The number of benzene rings is 1. The molecule has 2 N–H and O–H groups in total. The molecule has 1 heterocycles. The van der Waals surface area contributed by atoms with Gasteiger partial charge in [0.1, 0.15) is 18.5 Å². The van der Waals surface area contributed by atoms with Gasteiger partial charge in [0.25, 0.3) is 5.91 Å². The quantitative estimate of drug-likeness (QED) is 0.664. The van der Waals surface area contributed by atoms with Crippen LogP contribution in [0.3, 0.4) is 0 Å². The van der Waals surface area contributed by atoms with Gasteiger partial charge in [-0.05, 0) is 31.2 Å². The third-order valence-corrected chi connectivity index (χ3v) is 4.28. The van der Waals surface area contributed by atoms with Crippen molar-refractivity contribution < 1.29 is 29.2 Å². The Morgan fingerprint density at radius 1 is 1.24 bits per heavy atom. The molecule has 140 valence electrons. The number of amides is 1. The second-order valence-corrected chi connectivity index (χ2v) is 6.06. The molecule has 3 atom stereocenters. The second-order valence-electron chi connectivity index (χ2n) is 6.06. The first kappa shape index (κ1) is 19.7. The van der Waals surface area contributed by atoms with Gasteiger partial charge in [0.15, 0.2) is 0 Å². The Bertz CT molecular complexity index is 535. The fourth-order valence-electron chi connectivity index (χ4n) is 2.77. The first-order valence-electron chi connectivity index (χ1n) is 8.51. The Balaban J connectivity index is 1.96. The SMILES string of the molecule is CCN(C[C@@H]1COC[C@@H](O)[C@H]1O)C(=O)c1ccc(OCCOC)cc1. The summed E-state index contributed by atoms with van der Waals surface area (Å²) in [4.78, 5) is 14.3. The molecule has 0 spiro atoms. The molecule has 25 heavy (non-hydrogen) atoms. The Morgan fingerprint density at radius 3 is 2.60 bits per heavy atom. The van der Waals surface area contributed by atoms with Crippen LogP contribution in [0.5, 0.6) is 5.75 Å². The number of nitrogens with zero attached hydrogens (tertiary/aromatic N) is 1. The monoisotopic (exact) mass is 353 g/mol. The highest BCUT2D eigenvalue weighted by Gasteiger charge is 2.33. The molecule has 7 heteroatoms. The van der Waals surface area contributed by atoms with Crippen LogP contribution >= 0.6 is 0 Å². The van der Waals surface area contributed by atoms with Gasteiger partial charge in [-0.25, -0.2) is 0 Å². The highest BCUT2D eigenvalue weighted by atomic mass is 16.5. The fourth-order valence-corrected chi connectivity index (χ4v) is 2.77. The van der Waals surface area contributed by atoms with Crippen molar-refractivity contribution in [2.75, 3.05) is 46.6 Å². The average molecular weight is 353 g/mol. The highest BCUT2D eigenvalue weighted by Crippen LogP contribution is 2.19. The van der Waals surface area contributed by atoms with E-state index < -0.39 is 12.2 Å². The molecular weight excluding hydrogens is 326 g/mol. The zero-order valence-electron chi connectivity index (χ0n) is 14.8. The number of rotatable bonds is 8. The molecule has 1 aliphatic heterocycles. The summed E-state index contributed by atoms with van der Waals surface area (Å²) in [7, 11) is 1.61. The predicted octanol–water partition coefficient (Wildman–Crippen LogP) is 0.542. The van der Waals surface area contributed by atoms with Crippen LogP contribution < -0.4 is 4.74 Å². The topological polar surface area (TPSA) is 88.5 Å². The summed E-state index contributed by atoms with van der Waals surface area (Å²) in [6.07, 6.45) is -1.79. The number of aliphatic hydroxyl groups excluding tert-OH is 2. The standard InChI is InChI=1S/C18H27NO6/c1-3-19(10-14-11-24-12-16(20)17(14)21)18(22)13-4-6-15(7-5-13)25-9-8-23-2/h4-7,14,16-17,20-21H,3,8-12H2,1-2H3/t14-,16-,17+/m1/s1. The van der Waals surface area contributed by atoms with Crippen molar-refractivity contribution in [2.24, 2.45) is 5.92 Å². The molecule has 1 amide bonds. The molecule has 0 radical (unpaired) electrons. The Labute approximate surface area is 148 Å². The smallest absolute Gasteiger partial charge is 0.253 e. The van der Waals surface area contributed by atoms with Crippen LogP contribution in [0.25, 0.3) is 0 Å². The molecule has 0 bridgehead atoms. The molecule has 0 aromatic heterocycles. The number of hydrogen-bond donors (Lipinski definition) is 2. The Hall–Kier alpha value is -1.67. The van der Waals surface area contributed by atoms with E-state index in [9.17, 15) is 15.0 Å². The minimum atomic E-state index is -0.906. The number of carbonyl (C=O) groups is 1. The van der Waals surface area contributed by atoms with Gasteiger partial charge in [-0.15, -0.1) is 0 Å². The second kappa shape index (κ2) is 9.72. The lowest BCUT2D eigenvalue weighted by Crippen LogP contribution is -2.49. The van der Waals surface area contributed by atoms with Crippen LogP contribution in [0.15, 0.2) is 24.3 Å². The minimum absolute atomic E-state index is 0.127. The van der Waals surface area contributed by atoms with Gasteiger partial charge < -0.3 is 29.3 Å². The molecule has 1 aromatic rings. The normalized spacial score (nSPS) is 23.3. The lowest BCUT2D eigenvalue weighted by molar-refractivity contribution is -0.123. The van der Waals surface area contributed by atoms with E-state index in [0.29, 0.717) is 44.2 Å². The van der Waals surface area contributed by atoms with Crippen molar-refractivity contribution in [1.82, 2.24) is 4.90 Å². The van der Waals surface area contributed by atoms with E-state index in [-0.39, 0.29) is 18.4 Å². The van der Waals surface area contributed by atoms with Crippen molar-refractivity contribution >= 4 is 5.91 Å². The Morgan fingerprint density at radius 2 is 1.96 bits per heavy atom. The van der Waals surface area contributed by atoms with E-state index in [1.165, 1.54) is 0 Å². The van der Waals surface area contributed by atoms with E-state index in [1.807, 2.05) is 6.92 Å². The van der Waals surface area contributed by atoms with Gasteiger partial charge in [-0.1, -0.05) is 0 Å². The number of hydrogen-bond acceptors (Lipinski definition) is 6. The van der Waals surface area contributed by atoms with Gasteiger partial charge in [0, 0.05) is 31.7 Å². The number of aliphatic hydroxyl groups is 2. The van der Waals surface area contributed by atoms with E-state index in [2.05, 4.69) is 0 Å². The van der Waals surface area contributed by atoms with Crippen LogP contribution in [-0.2, 0) is 9.47 Å². The van der Waals surface area contributed by atoms with E-state index in [0.717, 1.165) is 0 Å². The summed E-state index contributed by atoms with van der Waals surface area (Å²) >= 11 is 0. The summed E-state index contributed by atoms with van der Waals surface area (Å²) < 4.78 is 15.7. The molecule has 0 unspecified atom stereocenters. The molecule has 0 saturated carbocycles. The molecule has 1 aliphatic rings. The van der Waals surface area contributed by atoms with Crippen LogP contribution in [0.4, 0.5) is 0 Å². The van der Waals surface area contributed by atoms with Gasteiger partial charge in [0.05, 0.1) is 25.9 Å². The van der Waals surface area contributed by atoms with Crippen LogP contribution in [0.1, 0.15) is 17.3 Å². The zero-order valence-corrected chi connectivity index (χ0v) is 14.8. The molecule has 1 aromatic carbocycles. The zero-order chi connectivity index (χ0) is 18.2. The first-order valence-corrected chi connectivity index (χ1v) is 8.51. The maximum Gasteiger partial charge on any atom is 0.253 e. The summed E-state index contributed by atoms with van der Waals surface area (Å²) in [5.41, 5.74) is 0.549. The van der Waals surface area contributed by atoms with E-state index >= 15 is 0 Å². The third kappa shape index (κ3) is 5.40. The van der Waals surface area contributed by atoms with Gasteiger partial charge in [0.2, 0.25) is 0 Å². The summed E-state index contributed by atoms with van der Waals surface area (Å²) in [5.74, 6) is 0.248. The van der Waals surface area contributed by atoms with Crippen molar-refractivity contribution in [3.8, 4) is 5.75 Å². The molecule has 0 aliphatic carbocycles. The number of methoxy groups -OCH3 is 1. The maximum absolute atomic E-state index is 12.7. The predicted molar refractivity (Wildman–Crippen MR) is 91.7 cm³/mol. The van der Waals surface area contributed by atoms with Gasteiger partial charge in [-0.2, -0.15) is 0 Å². The summed E-state index contributed by atoms with van der Waals surface area (Å²) in [5, 5.41) is 19.8. The van der Waals surface area contributed by atoms with Crippen molar-refractivity contribution in [1.29, 1.82) is 0 Å². The van der Waals surface area contributed by atoms with Crippen molar-refractivity contribution in [2.45, 2.75) is 19.1 Å². The van der Waals surface area contributed by atoms with E-state index in [4.69, 9.17) is 14.2 Å². The molecular formula is C18H27NO6. The van der Waals surface area contributed by atoms with Crippen LogP contribution in [-0.4, -0.2) is 79.9 Å². The van der Waals surface area contributed by atoms with Crippen molar-refractivity contribution in [3.63, 3.8) is 0 Å². The largest absolute Gasteiger partial charge is 0.491 e. The van der Waals surface area contributed by atoms with Gasteiger partial charge in [-0.3, -0.25) is 4.79 Å². The van der Waals surface area contributed by atoms with E-state index in [1.54, 1.807) is 36.3 Å². The van der Waals surface area contributed by atoms with Crippen LogP contribution in [0, 0.1) is 5.92 Å². The highest BCUT2D eigenvalue weighted by molar-refractivity contribution is 5.94. The maximum atomic E-state index is 12.7. The Kier molecular flexibility index (Phi) is 7.64. The first-order chi connectivity index (χ1) is 12.1. The molecule has 7 nitrogen and oxygen atoms in total. The summed E-state index contributed by atoms with van der Waals surface area (Å²) in [6, 6.07) is 6.93. The number of ether oxygens (including phenoxy) is 3. The number of carbonyl (C=O) groups excluding carboxylic acids is 1. The fraction of sp³-hybridized carbons (Fsp3) is 0.611. The van der Waals surface area contributed by atoms with Crippen LogP contribution in [0.2, 0.25) is 0 Å². The van der Waals surface area contributed by atoms with Crippen molar-refractivity contribution in [3.05, 3.63) is 29.8 Å². The lowest BCUT2D eigenvalue weighted by Gasteiger charge is -2.35. The average Bonchev–Trinajstić information content (AvgIpc) is 2.63. The molecule has 1 fully saturated rings.